The maximum absolute atomic E-state index is 12.0. The van der Waals surface area contributed by atoms with Gasteiger partial charge < -0.3 is 10.2 Å². The molecule has 0 heterocycles. The fourth-order valence-electron chi connectivity index (χ4n) is 2.25. The lowest BCUT2D eigenvalue weighted by Gasteiger charge is -2.28. The molecule has 4 nitrogen and oxygen atoms in total. The largest absolute Gasteiger partial charge is 0.337 e. The Morgan fingerprint density at radius 3 is 2.16 bits per heavy atom. The van der Waals surface area contributed by atoms with Crippen molar-refractivity contribution in [1.82, 2.24) is 15.1 Å². The highest BCUT2D eigenvalue weighted by Gasteiger charge is 2.16. The third-order valence-corrected chi connectivity index (χ3v) is 3.61. The summed E-state index contributed by atoms with van der Waals surface area (Å²) < 4.78 is 0. The van der Waals surface area contributed by atoms with E-state index in [0.29, 0.717) is 18.5 Å². The molecule has 1 atom stereocenters. The number of nitrogens with zero attached hydrogens (tertiary/aromatic N) is 2. The summed E-state index contributed by atoms with van der Waals surface area (Å²) in [6.45, 7) is 15.6. The van der Waals surface area contributed by atoms with Gasteiger partial charge in [0.2, 0.25) is 0 Å². The zero-order valence-corrected chi connectivity index (χ0v) is 13.9. The first-order valence-electron chi connectivity index (χ1n) is 7.54. The molecule has 0 aromatic rings. The first kappa shape index (κ1) is 18.2. The van der Waals surface area contributed by atoms with Crippen LogP contribution in [0.25, 0.3) is 0 Å². The molecule has 0 aliphatic carbocycles. The van der Waals surface area contributed by atoms with Gasteiger partial charge in [-0.15, -0.1) is 0 Å². The van der Waals surface area contributed by atoms with Gasteiger partial charge in [0.05, 0.1) is 0 Å². The quantitative estimate of drug-likeness (QED) is 0.737. The van der Waals surface area contributed by atoms with Crippen molar-refractivity contribution < 1.29 is 4.79 Å². The summed E-state index contributed by atoms with van der Waals surface area (Å²) in [6.07, 6.45) is 1.04. The van der Waals surface area contributed by atoms with E-state index in [-0.39, 0.29) is 12.1 Å². The van der Waals surface area contributed by atoms with E-state index in [2.05, 4.69) is 51.8 Å². The second-order valence-corrected chi connectivity index (χ2v) is 6.04. The van der Waals surface area contributed by atoms with Gasteiger partial charge in [-0.2, -0.15) is 0 Å². The van der Waals surface area contributed by atoms with Crippen LogP contribution in [0.4, 0.5) is 4.79 Å². The smallest absolute Gasteiger partial charge is 0.317 e. The number of carbonyl (C=O) groups is 1. The maximum atomic E-state index is 12.0. The maximum Gasteiger partial charge on any atom is 0.317 e. The van der Waals surface area contributed by atoms with E-state index in [0.717, 1.165) is 19.5 Å². The Morgan fingerprint density at radius 1 is 1.16 bits per heavy atom. The van der Waals surface area contributed by atoms with E-state index in [9.17, 15) is 4.79 Å². The number of hydrogen-bond acceptors (Lipinski definition) is 2. The van der Waals surface area contributed by atoms with Crippen LogP contribution >= 0.6 is 0 Å². The number of hydrogen-bond donors (Lipinski definition) is 1. The zero-order chi connectivity index (χ0) is 15.0. The van der Waals surface area contributed by atoms with Crippen LogP contribution in [0, 0.1) is 5.92 Å². The Labute approximate surface area is 119 Å². The number of likely N-dealkylation sites (N-methyl/N-ethyl adjacent to an activating group) is 1. The third kappa shape index (κ3) is 7.41. The first-order valence-corrected chi connectivity index (χ1v) is 7.54. The first-order chi connectivity index (χ1) is 8.79. The molecule has 2 amide bonds. The molecule has 0 spiro atoms. The predicted octanol–water partition coefficient (Wildman–Crippen LogP) is 2.79. The van der Waals surface area contributed by atoms with Crippen molar-refractivity contribution in [3.8, 4) is 0 Å². The molecule has 1 N–H and O–H groups in total. The molecule has 4 heteroatoms. The summed E-state index contributed by atoms with van der Waals surface area (Å²) >= 11 is 0. The van der Waals surface area contributed by atoms with Crippen LogP contribution in [-0.4, -0.2) is 54.6 Å². The van der Waals surface area contributed by atoms with E-state index in [1.165, 1.54) is 0 Å². The molecule has 0 bridgehead atoms. The molecule has 0 aliphatic heterocycles. The highest BCUT2D eigenvalue weighted by Crippen LogP contribution is 2.09. The molecular formula is C15H33N3O. The molecule has 0 unspecified atom stereocenters. The number of nitrogens with one attached hydrogen (secondary N) is 1. The average Bonchev–Trinajstić information content (AvgIpc) is 2.31. The number of carbonyl (C=O) groups excluding carboxylic acids is 1. The van der Waals surface area contributed by atoms with Crippen molar-refractivity contribution in [3.63, 3.8) is 0 Å². The van der Waals surface area contributed by atoms with Crippen LogP contribution in [-0.2, 0) is 0 Å². The van der Waals surface area contributed by atoms with Crippen LogP contribution < -0.4 is 5.32 Å². The molecule has 0 saturated carbocycles. The fraction of sp³-hybridized carbons (Fsp3) is 0.933. The zero-order valence-electron chi connectivity index (χ0n) is 13.9. The average molecular weight is 271 g/mol. The van der Waals surface area contributed by atoms with Crippen LogP contribution in [0.2, 0.25) is 0 Å². The summed E-state index contributed by atoms with van der Waals surface area (Å²) in [5, 5.41) is 3.00. The van der Waals surface area contributed by atoms with Crippen molar-refractivity contribution in [2.75, 3.05) is 26.7 Å². The van der Waals surface area contributed by atoms with Gasteiger partial charge in [0, 0.05) is 32.2 Å². The highest BCUT2D eigenvalue weighted by molar-refractivity contribution is 5.74. The minimum atomic E-state index is 0.0351. The van der Waals surface area contributed by atoms with Crippen LogP contribution in [0.5, 0.6) is 0 Å². The monoisotopic (exact) mass is 271 g/mol. The van der Waals surface area contributed by atoms with Crippen molar-refractivity contribution >= 4 is 6.03 Å². The van der Waals surface area contributed by atoms with E-state index in [1.807, 2.05) is 11.9 Å². The normalized spacial score (nSPS) is 13.2. The van der Waals surface area contributed by atoms with E-state index < -0.39 is 0 Å². The lowest BCUT2D eigenvalue weighted by atomic mass is 10.0. The molecule has 0 aromatic carbocycles. The summed E-state index contributed by atoms with van der Waals surface area (Å²) in [5.41, 5.74) is 0. The van der Waals surface area contributed by atoms with Crippen LogP contribution in [0.3, 0.4) is 0 Å². The lowest BCUT2D eigenvalue weighted by molar-refractivity contribution is 0.182. The number of amides is 2. The molecule has 0 aromatic heterocycles. The molecule has 19 heavy (non-hydrogen) atoms. The van der Waals surface area contributed by atoms with Crippen LogP contribution in [0.15, 0.2) is 0 Å². The third-order valence-electron chi connectivity index (χ3n) is 3.61. The van der Waals surface area contributed by atoms with E-state index >= 15 is 0 Å². The lowest BCUT2D eigenvalue weighted by Crippen LogP contribution is -2.45. The number of rotatable bonds is 8. The van der Waals surface area contributed by atoms with Gasteiger partial charge >= 0.3 is 6.03 Å². The minimum Gasteiger partial charge on any atom is -0.337 e. The van der Waals surface area contributed by atoms with Crippen LogP contribution in [0.1, 0.15) is 48.0 Å². The van der Waals surface area contributed by atoms with Crippen molar-refractivity contribution in [1.29, 1.82) is 0 Å². The second-order valence-electron chi connectivity index (χ2n) is 6.04. The molecule has 0 fully saturated rings. The van der Waals surface area contributed by atoms with Crippen molar-refractivity contribution in [2.45, 2.75) is 60.0 Å². The van der Waals surface area contributed by atoms with Gasteiger partial charge in [-0.05, 0) is 39.7 Å². The summed E-state index contributed by atoms with van der Waals surface area (Å²) in [5.74, 6) is 0.613. The number of urea groups is 1. The minimum absolute atomic E-state index is 0.0351. The van der Waals surface area contributed by atoms with Crippen molar-refractivity contribution in [3.05, 3.63) is 0 Å². The Hall–Kier alpha value is -0.770. The van der Waals surface area contributed by atoms with Gasteiger partial charge in [-0.25, -0.2) is 4.79 Å². The summed E-state index contributed by atoms with van der Waals surface area (Å²) in [6, 6.07) is 0.847. The van der Waals surface area contributed by atoms with Gasteiger partial charge in [0.15, 0.2) is 0 Å². The van der Waals surface area contributed by atoms with Gasteiger partial charge in [-0.3, -0.25) is 4.90 Å². The van der Waals surface area contributed by atoms with Gasteiger partial charge in [-0.1, -0.05) is 20.8 Å². The molecule has 0 saturated heterocycles. The highest BCUT2D eigenvalue weighted by atomic mass is 16.2. The SMILES string of the molecule is CCN(CCNC(=O)N(C)[C@@H](C)CC(C)C)C(C)C. The van der Waals surface area contributed by atoms with E-state index in [1.54, 1.807) is 0 Å². The summed E-state index contributed by atoms with van der Waals surface area (Å²) in [4.78, 5) is 16.2. The molecule has 0 radical (unpaired) electrons. The molecule has 114 valence electrons. The predicted molar refractivity (Wildman–Crippen MR) is 82.5 cm³/mol. The van der Waals surface area contributed by atoms with Gasteiger partial charge in [0.25, 0.3) is 0 Å². The Morgan fingerprint density at radius 2 is 1.74 bits per heavy atom. The molecule has 0 aliphatic rings. The topological polar surface area (TPSA) is 35.6 Å². The Balaban J connectivity index is 4.03. The Kier molecular flexibility index (Phi) is 8.81. The molecular weight excluding hydrogens is 238 g/mol. The van der Waals surface area contributed by atoms with Gasteiger partial charge in [0.1, 0.15) is 0 Å². The van der Waals surface area contributed by atoms with Crippen molar-refractivity contribution in [2.24, 2.45) is 5.92 Å². The fourth-order valence-corrected chi connectivity index (χ4v) is 2.25. The second kappa shape index (κ2) is 9.18. The summed E-state index contributed by atoms with van der Waals surface area (Å²) in [7, 11) is 1.88. The molecule has 0 rings (SSSR count). The van der Waals surface area contributed by atoms with E-state index in [4.69, 9.17) is 0 Å². The standard InChI is InChI=1S/C15H33N3O/c1-8-18(13(4)5)10-9-16-15(19)17(7)14(6)11-12(2)3/h12-14H,8-11H2,1-7H3,(H,16,19)/t14-/m0/s1. The Bertz CT molecular complexity index is 254.